The lowest BCUT2D eigenvalue weighted by Crippen LogP contribution is -2.56. The van der Waals surface area contributed by atoms with E-state index >= 15 is 0 Å². The van der Waals surface area contributed by atoms with Gasteiger partial charge in [0.25, 0.3) is 0 Å². The van der Waals surface area contributed by atoms with Crippen molar-refractivity contribution in [1.29, 1.82) is 0 Å². The number of amides is 1. The Labute approximate surface area is 137 Å². The molecule has 0 bridgehead atoms. The van der Waals surface area contributed by atoms with E-state index in [0.717, 1.165) is 6.42 Å². The van der Waals surface area contributed by atoms with Crippen molar-refractivity contribution in [2.24, 2.45) is 11.8 Å². The number of ether oxygens (including phenoxy) is 2. The van der Waals surface area contributed by atoms with Gasteiger partial charge < -0.3 is 9.47 Å². The average Bonchev–Trinajstić information content (AvgIpc) is 2.44. The number of esters is 1. The van der Waals surface area contributed by atoms with Crippen LogP contribution in [0.3, 0.4) is 0 Å². The Balaban J connectivity index is 2.16. The molecule has 2 rings (SSSR count). The number of nitrogens with zero attached hydrogens (tertiary/aromatic N) is 1. The Kier molecular flexibility index (Phi) is 5.32. The summed E-state index contributed by atoms with van der Waals surface area (Å²) in [5.41, 5.74) is -0.615. The molecule has 3 atom stereocenters. The van der Waals surface area contributed by atoms with Gasteiger partial charge in [0.1, 0.15) is 17.4 Å². The second kappa shape index (κ2) is 6.89. The molecule has 1 aliphatic heterocycles. The lowest BCUT2D eigenvalue weighted by molar-refractivity contribution is -0.153. The zero-order valence-corrected chi connectivity index (χ0v) is 14.5. The molecule has 0 aromatic rings. The molecule has 0 aromatic heterocycles. The van der Waals surface area contributed by atoms with Crippen LogP contribution >= 0.6 is 0 Å². The number of ketones is 1. The van der Waals surface area contributed by atoms with Gasteiger partial charge in [0.2, 0.25) is 0 Å². The van der Waals surface area contributed by atoms with Crippen molar-refractivity contribution in [2.75, 3.05) is 13.2 Å². The summed E-state index contributed by atoms with van der Waals surface area (Å²) in [6.45, 7) is 7.87. The van der Waals surface area contributed by atoms with Crippen molar-refractivity contribution in [3.05, 3.63) is 0 Å². The van der Waals surface area contributed by atoms with Crippen LogP contribution < -0.4 is 0 Å². The van der Waals surface area contributed by atoms with Gasteiger partial charge in [0.15, 0.2) is 0 Å². The molecule has 0 aromatic carbocycles. The molecule has 0 N–H and O–H groups in total. The highest BCUT2D eigenvalue weighted by atomic mass is 16.6. The second-order valence-corrected chi connectivity index (χ2v) is 7.44. The molecule has 0 spiro atoms. The quantitative estimate of drug-likeness (QED) is 0.730. The van der Waals surface area contributed by atoms with Crippen LogP contribution in [0.1, 0.15) is 53.4 Å². The van der Waals surface area contributed by atoms with Crippen LogP contribution in [0.5, 0.6) is 0 Å². The van der Waals surface area contributed by atoms with Gasteiger partial charge in [-0.25, -0.2) is 9.59 Å². The normalized spacial score (nSPS) is 28.1. The molecule has 2 aliphatic rings. The van der Waals surface area contributed by atoms with E-state index in [9.17, 15) is 14.4 Å². The van der Waals surface area contributed by atoms with Gasteiger partial charge in [-0.1, -0.05) is 0 Å². The fourth-order valence-electron chi connectivity index (χ4n) is 3.44. The minimum absolute atomic E-state index is 0.157. The Bertz CT molecular complexity index is 482. The number of fused-ring (bicyclic) bond motifs is 1. The van der Waals surface area contributed by atoms with Gasteiger partial charge in [-0.2, -0.15) is 0 Å². The molecule has 1 saturated heterocycles. The summed E-state index contributed by atoms with van der Waals surface area (Å²) in [4.78, 5) is 38.0. The minimum atomic E-state index is -0.656. The maximum absolute atomic E-state index is 12.5. The highest BCUT2D eigenvalue weighted by Crippen LogP contribution is 2.38. The Morgan fingerprint density at radius 3 is 2.57 bits per heavy atom. The molecule has 1 saturated carbocycles. The van der Waals surface area contributed by atoms with E-state index in [0.29, 0.717) is 25.8 Å². The predicted molar refractivity (Wildman–Crippen MR) is 83.8 cm³/mol. The third-order valence-corrected chi connectivity index (χ3v) is 4.47. The molecule has 6 heteroatoms. The van der Waals surface area contributed by atoms with Gasteiger partial charge in [-0.15, -0.1) is 0 Å². The van der Waals surface area contributed by atoms with Gasteiger partial charge >= 0.3 is 12.1 Å². The first-order chi connectivity index (χ1) is 10.7. The Morgan fingerprint density at radius 2 is 1.96 bits per heavy atom. The van der Waals surface area contributed by atoms with Crippen molar-refractivity contribution in [3.8, 4) is 0 Å². The Morgan fingerprint density at radius 1 is 1.26 bits per heavy atom. The lowest BCUT2D eigenvalue weighted by Gasteiger charge is -2.44. The van der Waals surface area contributed by atoms with Crippen LogP contribution in [-0.2, 0) is 19.1 Å². The highest BCUT2D eigenvalue weighted by Gasteiger charge is 2.45. The zero-order valence-electron chi connectivity index (χ0n) is 14.5. The molecular weight excluding hydrogens is 298 g/mol. The van der Waals surface area contributed by atoms with Crippen LogP contribution in [0.4, 0.5) is 4.79 Å². The van der Waals surface area contributed by atoms with Crippen molar-refractivity contribution >= 4 is 17.8 Å². The number of Topliss-reactive ketones (excluding diaryl/α,β-unsaturated/α-hetero) is 1. The van der Waals surface area contributed by atoms with Crippen LogP contribution in [0, 0.1) is 11.8 Å². The molecule has 0 radical (unpaired) electrons. The largest absolute Gasteiger partial charge is 0.464 e. The number of piperidine rings is 1. The fourth-order valence-corrected chi connectivity index (χ4v) is 3.44. The zero-order chi connectivity index (χ0) is 17.2. The molecule has 1 heterocycles. The van der Waals surface area contributed by atoms with Gasteiger partial charge in [-0.05, 0) is 52.4 Å². The van der Waals surface area contributed by atoms with E-state index < -0.39 is 23.7 Å². The topological polar surface area (TPSA) is 72.9 Å². The standard InChI is InChI=1S/C17H27NO5/c1-5-22-15(20)14-9-12-8-13(19)7-6-11(12)10-18(14)16(21)23-17(2,3)4/h11-12,14H,5-10H2,1-4H3/t11-,12+,14-/m0/s1. The van der Waals surface area contributed by atoms with E-state index in [-0.39, 0.29) is 24.2 Å². The first-order valence-electron chi connectivity index (χ1n) is 8.39. The molecule has 2 fully saturated rings. The third kappa shape index (κ3) is 4.45. The van der Waals surface area contributed by atoms with Crippen molar-refractivity contribution in [1.82, 2.24) is 4.90 Å². The number of carbonyl (C=O) groups is 3. The summed E-state index contributed by atoms with van der Waals surface area (Å²) >= 11 is 0. The number of rotatable bonds is 2. The van der Waals surface area contributed by atoms with E-state index in [4.69, 9.17) is 9.47 Å². The summed E-state index contributed by atoms with van der Waals surface area (Å²) in [6, 6.07) is -0.656. The SMILES string of the molecule is CCOC(=O)[C@@H]1C[C@H]2CC(=O)CC[C@H]2CN1C(=O)OC(C)(C)C. The van der Waals surface area contributed by atoms with E-state index in [1.807, 2.05) is 0 Å². The predicted octanol–water partition coefficient (Wildman–Crippen LogP) is 2.54. The number of carbonyl (C=O) groups excluding carboxylic acids is 3. The summed E-state index contributed by atoms with van der Waals surface area (Å²) < 4.78 is 10.6. The molecule has 0 unspecified atom stereocenters. The lowest BCUT2D eigenvalue weighted by atomic mass is 9.72. The first kappa shape index (κ1) is 17.8. The Hall–Kier alpha value is -1.59. The molecule has 23 heavy (non-hydrogen) atoms. The smallest absolute Gasteiger partial charge is 0.411 e. The third-order valence-electron chi connectivity index (χ3n) is 4.47. The van der Waals surface area contributed by atoms with Crippen molar-refractivity contribution < 1.29 is 23.9 Å². The average molecular weight is 325 g/mol. The van der Waals surface area contributed by atoms with Crippen molar-refractivity contribution in [3.63, 3.8) is 0 Å². The van der Waals surface area contributed by atoms with Crippen LogP contribution in [-0.4, -0.2) is 47.5 Å². The fraction of sp³-hybridized carbons (Fsp3) is 0.824. The summed E-state index contributed by atoms with van der Waals surface area (Å²) in [5.74, 6) is 0.254. The summed E-state index contributed by atoms with van der Waals surface area (Å²) in [5, 5.41) is 0. The maximum atomic E-state index is 12.5. The highest BCUT2D eigenvalue weighted by molar-refractivity contribution is 5.83. The van der Waals surface area contributed by atoms with Crippen LogP contribution in [0.15, 0.2) is 0 Å². The summed E-state index contributed by atoms with van der Waals surface area (Å²) in [7, 11) is 0. The molecule has 6 nitrogen and oxygen atoms in total. The van der Waals surface area contributed by atoms with Crippen molar-refractivity contribution in [2.45, 2.75) is 65.0 Å². The minimum Gasteiger partial charge on any atom is -0.464 e. The maximum Gasteiger partial charge on any atom is 0.411 e. The first-order valence-corrected chi connectivity index (χ1v) is 8.39. The van der Waals surface area contributed by atoms with Gasteiger partial charge in [0.05, 0.1) is 6.61 Å². The molecule has 130 valence electrons. The number of hydrogen-bond acceptors (Lipinski definition) is 5. The molecule has 1 aliphatic carbocycles. The van der Waals surface area contributed by atoms with Gasteiger partial charge in [-0.3, -0.25) is 9.69 Å². The van der Waals surface area contributed by atoms with E-state index in [1.165, 1.54) is 4.90 Å². The number of hydrogen-bond donors (Lipinski definition) is 0. The van der Waals surface area contributed by atoms with Gasteiger partial charge in [0, 0.05) is 19.4 Å². The summed E-state index contributed by atoms with van der Waals surface area (Å²) in [6.07, 6.45) is 1.84. The molecule has 1 amide bonds. The van der Waals surface area contributed by atoms with E-state index in [2.05, 4.69) is 0 Å². The second-order valence-electron chi connectivity index (χ2n) is 7.44. The number of likely N-dealkylation sites (tertiary alicyclic amines) is 1. The van der Waals surface area contributed by atoms with Crippen LogP contribution in [0.25, 0.3) is 0 Å². The monoisotopic (exact) mass is 325 g/mol. The molecular formula is C17H27NO5. The van der Waals surface area contributed by atoms with Crippen LogP contribution in [0.2, 0.25) is 0 Å². The van der Waals surface area contributed by atoms with E-state index in [1.54, 1.807) is 27.7 Å².